The zero-order valence-corrected chi connectivity index (χ0v) is 18.6. The number of pyridine rings is 1. The van der Waals surface area contributed by atoms with Gasteiger partial charge in [-0.25, -0.2) is 9.37 Å². The smallest absolute Gasteiger partial charge is 0.263 e. The van der Waals surface area contributed by atoms with Crippen molar-refractivity contribution in [2.45, 2.75) is 13.0 Å². The van der Waals surface area contributed by atoms with Gasteiger partial charge < -0.3 is 11.1 Å². The first-order chi connectivity index (χ1) is 16.0. The SMILES string of the molecule is C[C@@H](CNc1nc(-c2ccncc2)c(-c2ccc(F)cc2)c(=O)n1C)[C@@H](N)c1ccccc1. The van der Waals surface area contributed by atoms with Gasteiger partial charge >= 0.3 is 0 Å². The van der Waals surface area contributed by atoms with E-state index in [0.29, 0.717) is 29.3 Å². The molecule has 2 heterocycles. The van der Waals surface area contributed by atoms with Crippen LogP contribution in [0.5, 0.6) is 0 Å². The number of aromatic nitrogens is 3. The van der Waals surface area contributed by atoms with Gasteiger partial charge in [0.15, 0.2) is 0 Å². The van der Waals surface area contributed by atoms with Gasteiger partial charge in [0.1, 0.15) is 5.82 Å². The average Bonchev–Trinajstić information content (AvgIpc) is 2.86. The molecule has 6 nitrogen and oxygen atoms in total. The van der Waals surface area contributed by atoms with E-state index < -0.39 is 0 Å². The zero-order chi connectivity index (χ0) is 23.4. The molecule has 0 fully saturated rings. The minimum atomic E-state index is -0.365. The normalized spacial score (nSPS) is 12.8. The number of nitrogens with zero attached hydrogens (tertiary/aromatic N) is 3. The Morgan fingerprint density at radius 1 is 1.00 bits per heavy atom. The van der Waals surface area contributed by atoms with Gasteiger partial charge in [0.05, 0.1) is 11.3 Å². The fourth-order valence-corrected chi connectivity index (χ4v) is 3.74. The van der Waals surface area contributed by atoms with Crippen LogP contribution in [0.4, 0.5) is 10.3 Å². The van der Waals surface area contributed by atoms with E-state index in [-0.39, 0.29) is 23.3 Å². The van der Waals surface area contributed by atoms with Crippen molar-refractivity contribution in [1.29, 1.82) is 0 Å². The van der Waals surface area contributed by atoms with Gasteiger partial charge in [-0.05, 0) is 41.3 Å². The molecule has 33 heavy (non-hydrogen) atoms. The molecule has 2 aromatic carbocycles. The summed E-state index contributed by atoms with van der Waals surface area (Å²) in [6, 6.07) is 19.2. The molecular weight excluding hydrogens is 417 g/mol. The number of rotatable bonds is 7. The monoisotopic (exact) mass is 443 g/mol. The van der Waals surface area contributed by atoms with Gasteiger partial charge in [-0.3, -0.25) is 14.3 Å². The fourth-order valence-electron chi connectivity index (χ4n) is 3.74. The molecule has 0 aliphatic heterocycles. The highest BCUT2D eigenvalue weighted by atomic mass is 19.1. The highest BCUT2D eigenvalue weighted by molar-refractivity contribution is 5.80. The summed E-state index contributed by atoms with van der Waals surface area (Å²) in [6.07, 6.45) is 3.30. The molecule has 0 spiro atoms. The van der Waals surface area contributed by atoms with Crippen molar-refractivity contribution in [2.24, 2.45) is 18.7 Å². The van der Waals surface area contributed by atoms with Crippen LogP contribution in [0, 0.1) is 11.7 Å². The van der Waals surface area contributed by atoms with Crippen LogP contribution in [0.1, 0.15) is 18.5 Å². The Morgan fingerprint density at radius 3 is 2.33 bits per heavy atom. The third-order valence-corrected chi connectivity index (χ3v) is 5.76. The van der Waals surface area contributed by atoms with Crippen molar-refractivity contribution in [2.75, 3.05) is 11.9 Å². The molecule has 2 atom stereocenters. The Morgan fingerprint density at radius 2 is 1.67 bits per heavy atom. The summed E-state index contributed by atoms with van der Waals surface area (Å²) in [5, 5.41) is 3.30. The minimum absolute atomic E-state index is 0.0884. The summed E-state index contributed by atoms with van der Waals surface area (Å²) in [5.41, 5.74) is 9.52. The van der Waals surface area contributed by atoms with E-state index in [2.05, 4.69) is 17.2 Å². The second kappa shape index (κ2) is 9.75. The van der Waals surface area contributed by atoms with Crippen molar-refractivity contribution in [3.05, 3.63) is 101 Å². The molecule has 0 bridgehead atoms. The van der Waals surface area contributed by atoms with Crippen LogP contribution in [-0.4, -0.2) is 21.1 Å². The summed E-state index contributed by atoms with van der Waals surface area (Å²) < 4.78 is 15.0. The quantitative estimate of drug-likeness (QED) is 0.442. The van der Waals surface area contributed by atoms with Crippen molar-refractivity contribution in [3.8, 4) is 22.4 Å². The second-order valence-corrected chi connectivity index (χ2v) is 8.06. The van der Waals surface area contributed by atoms with Crippen molar-refractivity contribution >= 4 is 5.95 Å². The number of halogens is 1. The van der Waals surface area contributed by atoms with E-state index in [0.717, 1.165) is 11.1 Å². The predicted octanol–water partition coefficient (Wildman–Crippen LogP) is 4.40. The summed E-state index contributed by atoms with van der Waals surface area (Å²) in [4.78, 5) is 22.3. The maximum atomic E-state index is 13.5. The van der Waals surface area contributed by atoms with Crippen molar-refractivity contribution in [1.82, 2.24) is 14.5 Å². The maximum absolute atomic E-state index is 13.5. The lowest BCUT2D eigenvalue weighted by molar-refractivity contribution is 0.491. The second-order valence-electron chi connectivity index (χ2n) is 8.06. The molecule has 0 aliphatic rings. The highest BCUT2D eigenvalue weighted by Gasteiger charge is 2.20. The van der Waals surface area contributed by atoms with E-state index in [4.69, 9.17) is 10.7 Å². The Kier molecular flexibility index (Phi) is 6.60. The minimum Gasteiger partial charge on any atom is -0.355 e. The third-order valence-electron chi connectivity index (χ3n) is 5.76. The number of nitrogens with two attached hydrogens (primary N) is 1. The van der Waals surface area contributed by atoms with Crippen LogP contribution in [-0.2, 0) is 7.05 Å². The molecular formula is C26H26FN5O. The molecule has 2 aromatic heterocycles. The molecule has 3 N–H and O–H groups in total. The fraction of sp³-hybridized carbons (Fsp3) is 0.192. The van der Waals surface area contributed by atoms with Gasteiger partial charge in [0, 0.05) is 37.6 Å². The Balaban J connectivity index is 1.70. The molecule has 0 radical (unpaired) electrons. The molecule has 168 valence electrons. The number of benzene rings is 2. The Hall–Kier alpha value is -3.84. The van der Waals surface area contributed by atoms with Gasteiger partial charge in [-0.15, -0.1) is 0 Å². The average molecular weight is 444 g/mol. The summed E-state index contributed by atoms with van der Waals surface area (Å²) in [5.74, 6) is 0.159. The standard InChI is InChI=1S/C26H26FN5O/c1-17(23(28)19-6-4-3-5-7-19)16-30-26-31-24(20-12-14-29-15-13-20)22(25(33)32(26)2)18-8-10-21(27)11-9-18/h3-15,17,23H,16,28H2,1-2H3,(H,30,31)/t17-,23+/m0/s1. The molecule has 7 heteroatoms. The highest BCUT2D eigenvalue weighted by Crippen LogP contribution is 2.29. The number of anilines is 1. The first kappa shape index (κ1) is 22.4. The number of hydrogen-bond acceptors (Lipinski definition) is 5. The maximum Gasteiger partial charge on any atom is 0.263 e. The van der Waals surface area contributed by atoms with Crippen LogP contribution >= 0.6 is 0 Å². The Labute approximate surface area is 192 Å². The van der Waals surface area contributed by atoms with E-state index >= 15 is 0 Å². The first-order valence-electron chi connectivity index (χ1n) is 10.8. The summed E-state index contributed by atoms with van der Waals surface area (Å²) in [6.45, 7) is 2.58. The van der Waals surface area contributed by atoms with E-state index in [1.54, 1.807) is 43.7 Å². The van der Waals surface area contributed by atoms with Gasteiger partial charge in [-0.1, -0.05) is 49.4 Å². The lowest BCUT2D eigenvalue weighted by atomic mass is 9.95. The van der Waals surface area contributed by atoms with Crippen LogP contribution < -0.4 is 16.6 Å². The molecule has 0 aliphatic carbocycles. The number of hydrogen-bond donors (Lipinski definition) is 2. The van der Waals surface area contributed by atoms with Crippen LogP contribution in [0.2, 0.25) is 0 Å². The van der Waals surface area contributed by atoms with Crippen LogP contribution in [0.25, 0.3) is 22.4 Å². The lowest BCUT2D eigenvalue weighted by Crippen LogP contribution is -2.29. The summed E-state index contributed by atoms with van der Waals surface area (Å²) in [7, 11) is 1.67. The van der Waals surface area contributed by atoms with Crippen LogP contribution in [0.3, 0.4) is 0 Å². The van der Waals surface area contributed by atoms with Gasteiger partial charge in [0.2, 0.25) is 5.95 Å². The van der Waals surface area contributed by atoms with E-state index in [1.807, 2.05) is 30.3 Å². The summed E-state index contributed by atoms with van der Waals surface area (Å²) >= 11 is 0. The van der Waals surface area contributed by atoms with Gasteiger partial charge in [-0.2, -0.15) is 0 Å². The molecule has 0 unspecified atom stereocenters. The predicted molar refractivity (Wildman–Crippen MR) is 129 cm³/mol. The van der Waals surface area contributed by atoms with Gasteiger partial charge in [0.25, 0.3) is 5.56 Å². The van der Waals surface area contributed by atoms with E-state index in [9.17, 15) is 9.18 Å². The molecule has 0 saturated heterocycles. The number of nitrogens with one attached hydrogen (secondary N) is 1. The van der Waals surface area contributed by atoms with Crippen molar-refractivity contribution in [3.63, 3.8) is 0 Å². The van der Waals surface area contributed by atoms with Crippen molar-refractivity contribution < 1.29 is 4.39 Å². The van der Waals surface area contributed by atoms with E-state index in [1.165, 1.54) is 16.7 Å². The first-order valence-corrected chi connectivity index (χ1v) is 10.8. The molecule has 0 amide bonds. The topological polar surface area (TPSA) is 85.8 Å². The molecule has 0 saturated carbocycles. The van der Waals surface area contributed by atoms with Crippen LogP contribution in [0.15, 0.2) is 83.9 Å². The third kappa shape index (κ3) is 4.83. The lowest BCUT2D eigenvalue weighted by Gasteiger charge is -2.22. The Bertz CT molecular complexity index is 1270. The molecule has 4 aromatic rings. The zero-order valence-electron chi connectivity index (χ0n) is 18.6. The largest absolute Gasteiger partial charge is 0.355 e. The molecule has 4 rings (SSSR count).